The van der Waals surface area contributed by atoms with E-state index in [0.717, 1.165) is 0 Å². The third-order valence-electron chi connectivity index (χ3n) is 2.91. The average molecular weight is 314 g/mol. The van der Waals surface area contributed by atoms with Gasteiger partial charge in [0.1, 0.15) is 18.2 Å². The largest absolute Gasteiger partial charge is 0.489 e. The predicted molar refractivity (Wildman–Crippen MR) is 79.8 cm³/mol. The molecule has 0 heterocycles. The zero-order valence-corrected chi connectivity index (χ0v) is 12.4. The van der Waals surface area contributed by atoms with Gasteiger partial charge in [-0.15, -0.1) is 0 Å². The molecule has 0 aromatic heterocycles. The highest BCUT2D eigenvalue weighted by Crippen LogP contribution is 2.27. The quantitative estimate of drug-likeness (QED) is 0.885. The molecule has 20 heavy (non-hydrogen) atoms. The molecule has 0 spiro atoms. The highest BCUT2D eigenvalue weighted by atomic mass is 35.5. The van der Waals surface area contributed by atoms with Crippen molar-refractivity contribution in [2.75, 3.05) is 0 Å². The number of halogens is 3. The Bertz CT molecular complexity index is 597. The molecule has 2 N–H and O–H groups in total. The van der Waals surface area contributed by atoms with E-state index in [1.54, 1.807) is 37.3 Å². The summed E-state index contributed by atoms with van der Waals surface area (Å²) in [4.78, 5) is 0. The van der Waals surface area contributed by atoms with Crippen LogP contribution in [0.3, 0.4) is 0 Å². The second-order valence-electron chi connectivity index (χ2n) is 4.46. The molecule has 0 radical (unpaired) electrons. The summed E-state index contributed by atoms with van der Waals surface area (Å²) in [7, 11) is 0. The standard InChI is InChI=1S/C15H14Cl2FNO/c1-9(19)11-6-5-10(7-15(11)18)20-8-12-13(16)3-2-4-14(12)17/h2-7,9H,8,19H2,1H3/t9-/m1/s1. The molecule has 0 fully saturated rings. The Morgan fingerprint density at radius 3 is 2.40 bits per heavy atom. The Morgan fingerprint density at radius 1 is 1.20 bits per heavy atom. The first-order valence-corrected chi connectivity index (χ1v) is 6.85. The minimum Gasteiger partial charge on any atom is -0.489 e. The predicted octanol–water partition coefficient (Wildman–Crippen LogP) is 4.73. The van der Waals surface area contributed by atoms with Crippen LogP contribution in [-0.2, 0) is 6.61 Å². The second kappa shape index (κ2) is 6.44. The van der Waals surface area contributed by atoms with E-state index in [9.17, 15) is 4.39 Å². The van der Waals surface area contributed by atoms with Crippen molar-refractivity contribution in [2.24, 2.45) is 5.73 Å². The molecule has 2 rings (SSSR count). The summed E-state index contributed by atoms with van der Waals surface area (Å²) in [6, 6.07) is 9.45. The lowest BCUT2D eigenvalue weighted by Crippen LogP contribution is -2.07. The van der Waals surface area contributed by atoms with Gasteiger partial charge >= 0.3 is 0 Å². The second-order valence-corrected chi connectivity index (χ2v) is 5.28. The molecule has 0 saturated carbocycles. The lowest BCUT2D eigenvalue weighted by Gasteiger charge is -2.12. The van der Waals surface area contributed by atoms with Crippen LogP contribution >= 0.6 is 23.2 Å². The Hall–Kier alpha value is -1.29. The van der Waals surface area contributed by atoms with Crippen LogP contribution < -0.4 is 10.5 Å². The molecule has 2 aromatic carbocycles. The third-order valence-corrected chi connectivity index (χ3v) is 3.62. The number of ether oxygens (including phenoxy) is 1. The van der Waals surface area contributed by atoms with Gasteiger partial charge in [0, 0.05) is 33.3 Å². The molecular weight excluding hydrogens is 300 g/mol. The van der Waals surface area contributed by atoms with E-state index in [2.05, 4.69) is 0 Å². The van der Waals surface area contributed by atoms with Crippen LogP contribution in [-0.4, -0.2) is 0 Å². The maximum absolute atomic E-state index is 13.8. The van der Waals surface area contributed by atoms with Gasteiger partial charge < -0.3 is 10.5 Å². The number of benzene rings is 2. The summed E-state index contributed by atoms with van der Waals surface area (Å²) in [6.45, 7) is 1.90. The molecule has 0 aliphatic heterocycles. The van der Waals surface area contributed by atoms with E-state index >= 15 is 0 Å². The molecule has 1 atom stereocenters. The normalized spacial score (nSPS) is 12.2. The molecule has 5 heteroatoms. The van der Waals surface area contributed by atoms with E-state index in [1.165, 1.54) is 6.07 Å². The van der Waals surface area contributed by atoms with Crippen LogP contribution in [0.25, 0.3) is 0 Å². The molecule has 106 valence electrons. The summed E-state index contributed by atoms with van der Waals surface area (Å²) < 4.78 is 19.3. The Balaban J connectivity index is 2.14. The van der Waals surface area contributed by atoms with Crippen molar-refractivity contribution in [1.29, 1.82) is 0 Å². The number of nitrogens with two attached hydrogens (primary N) is 1. The SMILES string of the molecule is C[C@@H](N)c1ccc(OCc2c(Cl)cccc2Cl)cc1F. The molecule has 2 aromatic rings. The topological polar surface area (TPSA) is 35.2 Å². The zero-order chi connectivity index (χ0) is 14.7. The third kappa shape index (κ3) is 3.42. The van der Waals surface area contributed by atoms with Gasteiger partial charge in [0.15, 0.2) is 0 Å². The molecule has 0 aliphatic rings. The van der Waals surface area contributed by atoms with E-state index < -0.39 is 0 Å². The summed E-state index contributed by atoms with van der Waals surface area (Å²) in [5.41, 5.74) is 6.78. The molecule has 2 nitrogen and oxygen atoms in total. The minimum absolute atomic E-state index is 0.176. The Kier molecular flexibility index (Phi) is 4.86. The molecule has 0 unspecified atom stereocenters. The molecular formula is C15H14Cl2FNO. The summed E-state index contributed by atoms with van der Waals surface area (Å²) in [6.07, 6.45) is 0. The first-order valence-electron chi connectivity index (χ1n) is 6.09. The highest BCUT2D eigenvalue weighted by Gasteiger charge is 2.10. The lowest BCUT2D eigenvalue weighted by atomic mass is 10.1. The Morgan fingerprint density at radius 2 is 1.85 bits per heavy atom. The Labute approximate surface area is 127 Å². The van der Waals surface area contributed by atoms with Crippen molar-refractivity contribution in [3.8, 4) is 5.75 Å². The number of rotatable bonds is 4. The molecule has 0 amide bonds. The minimum atomic E-state index is -0.386. The molecule has 0 aliphatic carbocycles. The van der Waals surface area contributed by atoms with Crippen LogP contribution in [0.15, 0.2) is 36.4 Å². The van der Waals surface area contributed by atoms with Crippen LogP contribution in [0, 0.1) is 5.82 Å². The summed E-state index contributed by atoms with van der Waals surface area (Å²) in [5, 5.41) is 1.04. The van der Waals surface area contributed by atoms with E-state index in [4.69, 9.17) is 33.7 Å². The van der Waals surface area contributed by atoms with Crippen LogP contribution in [0.2, 0.25) is 10.0 Å². The van der Waals surface area contributed by atoms with Crippen LogP contribution in [0.5, 0.6) is 5.75 Å². The van der Waals surface area contributed by atoms with E-state index in [0.29, 0.717) is 26.9 Å². The van der Waals surface area contributed by atoms with Crippen molar-refractivity contribution in [2.45, 2.75) is 19.6 Å². The summed E-state index contributed by atoms with van der Waals surface area (Å²) in [5.74, 6) is 0.0191. The van der Waals surface area contributed by atoms with Crippen molar-refractivity contribution in [3.63, 3.8) is 0 Å². The van der Waals surface area contributed by atoms with Gasteiger partial charge in [-0.05, 0) is 25.1 Å². The summed E-state index contributed by atoms with van der Waals surface area (Å²) >= 11 is 12.1. The van der Waals surface area contributed by atoms with Gasteiger partial charge in [-0.1, -0.05) is 35.3 Å². The molecule has 0 saturated heterocycles. The smallest absolute Gasteiger partial charge is 0.131 e. The fourth-order valence-electron chi connectivity index (χ4n) is 1.79. The van der Waals surface area contributed by atoms with Gasteiger partial charge in [-0.2, -0.15) is 0 Å². The van der Waals surface area contributed by atoms with E-state index in [1.807, 2.05) is 0 Å². The van der Waals surface area contributed by atoms with Crippen LogP contribution in [0.4, 0.5) is 4.39 Å². The van der Waals surface area contributed by atoms with Crippen molar-refractivity contribution in [1.82, 2.24) is 0 Å². The first kappa shape index (κ1) is 15.1. The monoisotopic (exact) mass is 313 g/mol. The van der Waals surface area contributed by atoms with E-state index in [-0.39, 0.29) is 18.5 Å². The number of hydrogen-bond acceptors (Lipinski definition) is 2. The van der Waals surface area contributed by atoms with Crippen LogP contribution in [0.1, 0.15) is 24.1 Å². The zero-order valence-electron chi connectivity index (χ0n) is 10.9. The lowest BCUT2D eigenvalue weighted by molar-refractivity contribution is 0.304. The van der Waals surface area contributed by atoms with Crippen molar-refractivity contribution < 1.29 is 9.13 Å². The van der Waals surface area contributed by atoms with Crippen molar-refractivity contribution in [3.05, 3.63) is 63.4 Å². The highest BCUT2D eigenvalue weighted by molar-refractivity contribution is 6.35. The fourth-order valence-corrected chi connectivity index (χ4v) is 2.30. The van der Waals surface area contributed by atoms with Gasteiger partial charge in [-0.25, -0.2) is 4.39 Å². The maximum Gasteiger partial charge on any atom is 0.131 e. The van der Waals surface area contributed by atoms with Gasteiger partial charge in [0.2, 0.25) is 0 Å². The van der Waals surface area contributed by atoms with Gasteiger partial charge in [0.05, 0.1) is 0 Å². The molecule has 0 bridgehead atoms. The first-order chi connectivity index (χ1) is 9.49. The van der Waals surface area contributed by atoms with Crippen molar-refractivity contribution >= 4 is 23.2 Å². The maximum atomic E-state index is 13.8. The fraction of sp³-hybridized carbons (Fsp3) is 0.200. The number of hydrogen-bond donors (Lipinski definition) is 1. The van der Waals surface area contributed by atoms with Gasteiger partial charge in [0.25, 0.3) is 0 Å². The average Bonchev–Trinajstić information content (AvgIpc) is 2.37. The van der Waals surface area contributed by atoms with Gasteiger partial charge in [-0.3, -0.25) is 0 Å².